The summed E-state index contributed by atoms with van der Waals surface area (Å²) in [4.78, 5) is 11.1. The molecule has 0 aromatic heterocycles. The van der Waals surface area contributed by atoms with Crippen LogP contribution in [0.5, 0.6) is 0 Å². The van der Waals surface area contributed by atoms with E-state index in [-0.39, 0.29) is 11.4 Å². The lowest BCUT2D eigenvalue weighted by atomic mass is 10.1. The van der Waals surface area contributed by atoms with Gasteiger partial charge in [0.15, 0.2) is 0 Å². The summed E-state index contributed by atoms with van der Waals surface area (Å²) in [6.45, 7) is 3.22. The summed E-state index contributed by atoms with van der Waals surface area (Å²) in [5, 5.41) is 0. The monoisotopic (exact) mass is 182 g/mol. The molecule has 0 heterocycles. The highest BCUT2D eigenvalue weighted by Crippen LogP contribution is 2.16. The van der Waals surface area contributed by atoms with E-state index in [2.05, 4.69) is 4.74 Å². The van der Waals surface area contributed by atoms with Gasteiger partial charge in [-0.05, 0) is 31.0 Å². The van der Waals surface area contributed by atoms with Gasteiger partial charge in [-0.2, -0.15) is 0 Å². The van der Waals surface area contributed by atoms with Crippen LogP contribution < -0.4 is 0 Å². The fourth-order valence-electron chi connectivity index (χ4n) is 1.15. The van der Waals surface area contributed by atoms with E-state index in [1.54, 1.807) is 26.0 Å². The molecular formula is C10H11FO2. The van der Waals surface area contributed by atoms with Crippen molar-refractivity contribution in [2.45, 2.75) is 13.8 Å². The minimum absolute atomic E-state index is 0.283. The zero-order valence-electron chi connectivity index (χ0n) is 7.85. The summed E-state index contributed by atoms with van der Waals surface area (Å²) < 4.78 is 17.8. The molecule has 0 saturated carbocycles. The molecule has 0 N–H and O–H groups in total. The van der Waals surface area contributed by atoms with Crippen LogP contribution in [-0.2, 0) is 4.74 Å². The van der Waals surface area contributed by atoms with E-state index < -0.39 is 5.97 Å². The number of hydrogen-bond acceptors (Lipinski definition) is 2. The van der Waals surface area contributed by atoms with Gasteiger partial charge >= 0.3 is 5.97 Å². The molecule has 0 amide bonds. The van der Waals surface area contributed by atoms with Gasteiger partial charge in [0, 0.05) is 0 Å². The average Bonchev–Trinajstić information content (AvgIpc) is 2.13. The number of halogens is 1. The number of carbonyl (C=O) groups excluding carboxylic acids is 1. The van der Waals surface area contributed by atoms with Gasteiger partial charge in [0.25, 0.3) is 0 Å². The van der Waals surface area contributed by atoms with Crippen LogP contribution in [0.4, 0.5) is 4.39 Å². The van der Waals surface area contributed by atoms with E-state index in [0.717, 1.165) is 0 Å². The quantitative estimate of drug-likeness (QED) is 0.622. The van der Waals surface area contributed by atoms with Crippen LogP contribution >= 0.6 is 0 Å². The van der Waals surface area contributed by atoms with E-state index in [4.69, 9.17) is 0 Å². The maximum Gasteiger partial charge on any atom is 0.338 e. The normalized spacial score (nSPS) is 9.85. The Kier molecular flexibility index (Phi) is 2.66. The van der Waals surface area contributed by atoms with E-state index >= 15 is 0 Å². The Hall–Kier alpha value is -1.38. The van der Waals surface area contributed by atoms with Crippen LogP contribution in [0.2, 0.25) is 0 Å². The first kappa shape index (κ1) is 9.71. The second kappa shape index (κ2) is 3.56. The average molecular weight is 182 g/mol. The van der Waals surface area contributed by atoms with Gasteiger partial charge in [0.1, 0.15) is 5.82 Å². The first-order chi connectivity index (χ1) is 6.07. The molecule has 0 saturated heterocycles. The first-order valence-electron chi connectivity index (χ1n) is 3.92. The molecule has 0 aliphatic heterocycles. The SMILES string of the molecule is COC(=O)c1ccc(C)c(F)c1C. The Labute approximate surface area is 76.3 Å². The zero-order chi connectivity index (χ0) is 10.0. The summed E-state index contributed by atoms with van der Waals surface area (Å²) in [7, 11) is 1.28. The van der Waals surface area contributed by atoms with E-state index in [9.17, 15) is 9.18 Å². The number of benzene rings is 1. The topological polar surface area (TPSA) is 26.3 Å². The smallest absolute Gasteiger partial charge is 0.338 e. The zero-order valence-corrected chi connectivity index (χ0v) is 7.85. The Morgan fingerprint density at radius 1 is 1.38 bits per heavy atom. The maximum atomic E-state index is 13.3. The van der Waals surface area contributed by atoms with Crippen molar-refractivity contribution in [2.24, 2.45) is 0 Å². The molecule has 13 heavy (non-hydrogen) atoms. The molecule has 0 fully saturated rings. The van der Waals surface area contributed by atoms with Gasteiger partial charge in [-0.1, -0.05) is 6.07 Å². The van der Waals surface area contributed by atoms with Crippen molar-refractivity contribution in [1.29, 1.82) is 0 Å². The minimum atomic E-state index is -0.503. The van der Waals surface area contributed by atoms with Crippen LogP contribution in [0.3, 0.4) is 0 Å². The minimum Gasteiger partial charge on any atom is -0.465 e. The Morgan fingerprint density at radius 2 is 2.00 bits per heavy atom. The molecule has 0 atom stereocenters. The largest absolute Gasteiger partial charge is 0.465 e. The molecule has 2 nitrogen and oxygen atoms in total. The molecule has 70 valence electrons. The van der Waals surface area contributed by atoms with Crippen LogP contribution in [0.1, 0.15) is 21.5 Å². The molecule has 3 heteroatoms. The van der Waals surface area contributed by atoms with Crippen LogP contribution in [-0.4, -0.2) is 13.1 Å². The number of ether oxygens (including phenoxy) is 1. The fourth-order valence-corrected chi connectivity index (χ4v) is 1.15. The van der Waals surface area contributed by atoms with Gasteiger partial charge in [0.2, 0.25) is 0 Å². The molecule has 0 radical (unpaired) electrons. The van der Waals surface area contributed by atoms with Crippen molar-refractivity contribution in [3.8, 4) is 0 Å². The maximum absolute atomic E-state index is 13.3. The number of esters is 1. The van der Waals surface area contributed by atoms with Crippen molar-refractivity contribution in [3.05, 3.63) is 34.6 Å². The summed E-state index contributed by atoms with van der Waals surface area (Å²) in [6, 6.07) is 3.13. The summed E-state index contributed by atoms with van der Waals surface area (Å²) >= 11 is 0. The van der Waals surface area contributed by atoms with Gasteiger partial charge in [-0.15, -0.1) is 0 Å². The molecule has 0 spiro atoms. The highest BCUT2D eigenvalue weighted by Gasteiger charge is 2.13. The molecule has 1 rings (SSSR count). The number of rotatable bonds is 1. The lowest BCUT2D eigenvalue weighted by Crippen LogP contribution is -2.05. The third-order valence-corrected chi connectivity index (χ3v) is 1.98. The van der Waals surface area contributed by atoms with Gasteiger partial charge < -0.3 is 4.74 Å². The third kappa shape index (κ3) is 1.69. The first-order valence-corrected chi connectivity index (χ1v) is 3.92. The molecule has 0 unspecified atom stereocenters. The van der Waals surface area contributed by atoms with Gasteiger partial charge in [0.05, 0.1) is 12.7 Å². The summed E-state index contributed by atoms with van der Waals surface area (Å²) in [5.41, 5.74) is 1.16. The Bertz CT molecular complexity index is 345. The highest BCUT2D eigenvalue weighted by molar-refractivity contribution is 5.91. The molecule has 0 aliphatic carbocycles. The number of methoxy groups -OCH3 is 1. The van der Waals surface area contributed by atoms with E-state index in [1.165, 1.54) is 7.11 Å². The van der Waals surface area contributed by atoms with Crippen LogP contribution in [0.25, 0.3) is 0 Å². The lowest BCUT2D eigenvalue weighted by Gasteiger charge is -2.06. The summed E-state index contributed by atoms with van der Waals surface area (Å²) in [6.07, 6.45) is 0. The summed E-state index contributed by atoms with van der Waals surface area (Å²) in [5.74, 6) is -0.848. The predicted molar refractivity (Wildman–Crippen MR) is 47.2 cm³/mol. The predicted octanol–water partition coefficient (Wildman–Crippen LogP) is 2.23. The number of carbonyl (C=O) groups is 1. The number of aryl methyl sites for hydroxylation is 1. The van der Waals surface area contributed by atoms with Crippen LogP contribution in [0, 0.1) is 19.7 Å². The molecule has 1 aromatic rings. The van der Waals surface area contributed by atoms with Crippen molar-refractivity contribution in [1.82, 2.24) is 0 Å². The van der Waals surface area contributed by atoms with Gasteiger partial charge in [-0.25, -0.2) is 9.18 Å². The Morgan fingerprint density at radius 3 is 2.54 bits per heavy atom. The lowest BCUT2D eigenvalue weighted by molar-refractivity contribution is 0.0599. The van der Waals surface area contributed by atoms with Gasteiger partial charge in [-0.3, -0.25) is 0 Å². The van der Waals surface area contributed by atoms with Crippen molar-refractivity contribution < 1.29 is 13.9 Å². The third-order valence-electron chi connectivity index (χ3n) is 1.98. The van der Waals surface area contributed by atoms with E-state index in [0.29, 0.717) is 11.1 Å². The fraction of sp³-hybridized carbons (Fsp3) is 0.300. The molecular weight excluding hydrogens is 171 g/mol. The number of hydrogen-bond donors (Lipinski definition) is 0. The van der Waals surface area contributed by atoms with Crippen LogP contribution in [0.15, 0.2) is 12.1 Å². The van der Waals surface area contributed by atoms with Crippen molar-refractivity contribution in [2.75, 3.05) is 7.11 Å². The van der Waals surface area contributed by atoms with Crippen molar-refractivity contribution >= 4 is 5.97 Å². The van der Waals surface area contributed by atoms with E-state index in [1.807, 2.05) is 0 Å². The Balaban J connectivity index is 3.26. The second-order valence-electron chi connectivity index (χ2n) is 2.86. The molecule has 1 aromatic carbocycles. The molecule has 0 aliphatic rings. The second-order valence-corrected chi connectivity index (χ2v) is 2.86. The standard InChI is InChI=1S/C10H11FO2/c1-6-4-5-8(10(12)13-3)7(2)9(6)11/h4-5H,1-3H3. The molecule has 0 bridgehead atoms. The highest BCUT2D eigenvalue weighted by atomic mass is 19.1. The van der Waals surface area contributed by atoms with Crippen molar-refractivity contribution in [3.63, 3.8) is 0 Å².